The van der Waals surface area contributed by atoms with Crippen LogP contribution in [0.3, 0.4) is 0 Å². The van der Waals surface area contributed by atoms with E-state index >= 15 is 0 Å². The van der Waals surface area contributed by atoms with Crippen LogP contribution in [0.1, 0.15) is 80.6 Å². The monoisotopic (exact) mass is 392 g/mol. The van der Waals surface area contributed by atoms with Crippen molar-refractivity contribution in [1.29, 1.82) is 0 Å². The van der Waals surface area contributed by atoms with Gasteiger partial charge in [-0.1, -0.05) is 55.0 Å². The van der Waals surface area contributed by atoms with Crippen LogP contribution in [0.15, 0.2) is 12.2 Å². The zero-order valence-electron chi connectivity index (χ0n) is 18.5. The van der Waals surface area contributed by atoms with E-state index in [4.69, 9.17) is 9.16 Å². The largest absolute Gasteiger partial charge is 0.459 e. The maximum Gasteiger partial charge on any atom is 0.333 e. The maximum atomic E-state index is 12.0. The van der Waals surface area contributed by atoms with Crippen molar-refractivity contribution in [3.8, 4) is 0 Å². The van der Waals surface area contributed by atoms with Gasteiger partial charge in [0.1, 0.15) is 6.10 Å². The molecule has 3 nitrogen and oxygen atoms in total. The first-order valence-electron chi connectivity index (χ1n) is 11.1. The number of carbonyl (C=O) groups is 1. The zero-order chi connectivity index (χ0) is 20.1. The van der Waals surface area contributed by atoms with Crippen molar-refractivity contribution in [1.82, 2.24) is 0 Å². The van der Waals surface area contributed by atoms with Crippen LogP contribution >= 0.6 is 0 Å². The van der Waals surface area contributed by atoms with E-state index in [9.17, 15) is 4.79 Å². The lowest BCUT2D eigenvalue weighted by Gasteiger charge is -2.52. The molecule has 27 heavy (non-hydrogen) atoms. The maximum absolute atomic E-state index is 12.0. The van der Waals surface area contributed by atoms with Crippen LogP contribution in [0.2, 0.25) is 16.6 Å². The lowest BCUT2D eigenvalue weighted by molar-refractivity contribution is -0.162. The van der Waals surface area contributed by atoms with Crippen LogP contribution in [0.5, 0.6) is 0 Å². The molecule has 0 spiro atoms. The van der Waals surface area contributed by atoms with Crippen LogP contribution in [-0.4, -0.2) is 26.5 Å². The number of carbonyl (C=O) groups excluding carboxylic acids is 1. The van der Waals surface area contributed by atoms with E-state index in [2.05, 4.69) is 55.0 Å². The first kappa shape index (κ1) is 21.1. The standard InChI is InChI=1S/C23H40O3Si/c1-14(2)27(15(3)4,16(5)6)26-21-10-9-19-18-13-17(7)22(24)25-20(18)11-12-23(19,21)8/h14-16,18-21H,7,9-13H2,1-6,8H3/t18-,19-,20+,21-,23-/m0/s1. The summed E-state index contributed by atoms with van der Waals surface area (Å²) in [6.45, 7) is 20.7. The fraction of sp³-hybridized carbons (Fsp3) is 0.870. The van der Waals surface area contributed by atoms with Crippen molar-refractivity contribution in [2.75, 3.05) is 0 Å². The Kier molecular flexibility index (Phi) is 5.73. The molecule has 3 aliphatic rings. The van der Waals surface area contributed by atoms with Crippen molar-refractivity contribution in [3.05, 3.63) is 12.2 Å². The second-order valence-electron chi connectivity index (χ2n) is 10.6. The highest BCUT2D eigenvalue weighted by atomic mass is 28.4. The smallest absolute Gasteiger partial charge is 0.333 e. The number of hydrogen-bond acceptors (Lipinski definition) is 3. The minimum atomic E-state index is -1.89. The van der Waals surface area contributed by atoms with Gasteiger partial charge in [0, 0.05) is 11.5 Å². The van der Waals surface area contributed by atoms with Crippen molar-refractivity contribution >= 4 is 14.3 Å². The molecule has 0 N–H and O–H groups in total. The SMILES string of the molecule is C=C1C[C@@H]2[C@@H](CC[C@]3(C)[C@@H](O[Si](C(C)C)(C(C)C)C(C)C)CC[C@@H]23)OC1=O. The summed E-state index contributed by atoms with van der Waals surface area (Å²) in [5.74, 6) is 0.858. The minimum absolute atomic E-state index is 0.0992. The highest BCUT2D eigenvalue weighted by Crippen LogP contribution is 2.59. The van der Waals surface area contributed by atoms with Crippen molar-refractivity contribution < 1.29 is 14.0 Å². The molecule has 0 aromatic rings. The van der Waals surface area contributed by atoms with E-state index in [1.54, 1.807) is 0 Å². The molecule has 0 aromatic carbocycles. The van der Waals surface area contributed by atoms with Crippen molar-refractivity contribution in [3.63, 3.8) is 0 Å². The molecule has 3 fully saturated rings. The molecule has 0 aromatic heterocycles. The summed E-state index contributed by atoms with van der Waals surface area (Å²) in [7, 11) is -1.89. The quantitative estimate of drug-likeness (QED) is 0.315. The van der Waals surface area contributed by atoms with Gasteiger partial charge < -0.3 is 9.16 Å². The zero-order valence-corrected chi connectivity index (χ0v) is 19.5. The van der Waals surface area contributed by atoms with Gasteiger partial charge in [-0.3, -0.25) is 0 Å². The fourth-order valence-corrected chi connectivity index (χ4v) is 12.8. The molecule has 4 heteroatoms. The Hall–Kier alpha value is -0.613. The highest BCUT2D eigenvalue weighted by Gasteiger charge is 2.59. The summed E-state index contributed by atoms with van der Waals surface area (Å²) in [6.07, 6.45) is 5.73. The second-order valence-corrected chi connectivity index (χ2v) is 16.0. The van der Waals surface area contributed by atoms with Gasteiger partial charge in [-0.05, 0) is 60.1 Å². The molecule has 154 valence electrons. The number of ether oxygens (including phenoxy) is 1. The predicted octanol–water partition coefficient (Wildman–Crippen LogP) is 6.25. The van der Waals surface area contributed by atoms with Gasteiger partial charge in [0.2, 0.25) is 8.32 Å². The first-order chi connectivity index (χ1) is 12.5. The van der Waals surface area contributed by atoms with E-state index in [-0.39, 0.29) is 17.5 Å². The summed E-state index contributed by atoms with van der Waals surface area (Å²) in [6, 6.07) is 0. The molecule has 0 amide bonds. The third kappa shape index (κ3) is 3.25. The highest BCUT2D eigenvalue weighted by molar-refractivity contribution is 6.77. The molecule has 3 rings (SSSR count). The molecule has 1 aliphatic heterocycles. The molecule has 0 bridgehead atoms. The molecule has 2 saturated carbocycles. The summed E-state index contributed by atoms with van der Waals surface area (Å²) < 4.78 is 13.0. The third-order valence-corrected chi connectivity index (χ3v) is 14.5. The summed E-state index contributed by atoms with van der Waals surface area (Å²) in [5, 5.41) is 0. The van der Waals surface area contributed by atoms with Crippen LogP contribution in [0.4, 0.5) is 0 Å². The van der Waals surface area contributed by atoms with Crippen molar-refractivity contribution in [2.45, 2.75) is 109 Å². The Morgan fingerprint density at radius 1 is 1.07 bits per heavy atom. The molecule has 1 saturated heterocycles. The molecule has 5 atom stereocenters. The van der Waals surface area contributed by atoms with Crippen LogP contribution in [-0.2, 0) is 14.0 Å². The summed E-state index contributed by atoms with van der Waals surface area (Å²) in [5.41, 5.74) is 2.73. The average Bonchev–Trinajstić information content (AvgIpc) is 2.89. The Balaban J connectivity index is 1.86. The minimum Gasteiger partial charge on any atom is -0.459 e. The van der Waals surface area contributed by atoms with E-state index in [0.29, 0.717) is 40.1 Å². The summed E-state index contributed by atoms with van der Waals surface area (Å²) >= 11 is 0. The van der Waals surface area contributed by atoms with Gasteiger partial charge in [0.15, 0.2) is 0 Å². The van der Waals surface area contributed by atoms with Gasteiger partial charge in [0.05, 0.1) is 6.10 Å². The lowest BCUT2D eigenvalue weighted by Crippen LogP contribution is -2.55. The second kappa shape index (κ2) is 7.33. The van der Waals surface area contributed by atoms with Crippen LogP contribution in [0, 0.1) is 17.3 Å². The summed E-state index contributed by atoms with van der Waals surface area (Å²) in [4.78, 5) is 12.0. The average molecular weight is 393 g/mol. The van der Waals surface area contributed by atoms with E-state index < -0.39 is 8.32 Å². The van der Waals surface area contributed by atoms with E-state index in [0.717, 1.165) is 25.7 Å². The Bertz CT molecular complexity index is 575. The number of rotatable bonds is 5. The molecule has 0 unspecified atom stereocenters. The Morgan fingerprint density at radius 2 is 1.67 bits per heavy atom. The van der Waals surface area contributed by atoms with Crippen LogP contribution in [0.25, 0.3) is 0 Å². The van der Waals surface area contributed by atoms with Gasteiger partial charge >= 0.3 is 5.97 Å². The van der Waals surface area contributed by atoms with Gasteiger partial charge in [-0.15, -0.1) is 0 Å². The number of fused-ring (bicyclic) bond motifs is 3. The fourth-order valence-electron chi connectivity index (χ4n) is 7.06. The van der Waals surface area contributed by atoms with Gasteiger partial charge in [0.25, 0.3) is 0 Å². The third-order valence-electron chi connectivity index (χ3n) is 8.37. The molecule has 2 aliphatic carbocycles. The first-order valence-corrected chi connectivity index (χ1v) is 13.2. The topological polar surface area (TPSA) is 35.5 Å². The van der Waals surface area contributed by atoms with Gasteiger partial charge in [-0.25, -0.2) is 4.79 Å². The molecular formula is C23H40O3Si. The number of esters is 1. The lowest BCUT2D eigenvalue weighted by atomic mass is 9.60. The molecular weight excluding hydrogens is 352 g/mol. The molecule has 1 heterocycles. The van der Waals surface area contributed by atoms with E-state index in [1.165, 1.54) is 6.42 Å². The van der Waals surface area contributed by atoms with Crippen LogP contribution < -0.4 is 0 Å². The normalized spacial score (nSPS) is 37.0. The number of hydrogen-bond donors (Lipinski definition) is 0. The Labute approximate surface area is 167 Å². The predicted molar refractivity (Wildman–Crippen MR) is 113 cm³/mol. The Morgan fingerprint density at radius 3 is 2.22 bits per heavy atom. The van der Waals surface area contributed by atoms with Crippen molar-refractivity contribution in [2.24, 2.45) is 17.3 Å². The van der Waals surface area contributed by atoms with E-state index in [1.807, 2.05) is 0 Å². The van der Waals surface area contributed by atoms with Gasteiger partial charge in [-0.2, -0.15) is 0 Å². The molecule has 0 radical (unpaired) electrons.